The molecule has 34 heavy (non-hydrogen) atoms. The zero-order valence-corrected chi connectivity index (χ0v) is 19.6. The van der Waals surface area contributed by atoms with E-state index >= 15 is 0 Å². The van der Waals surface area contributed by atoms with Gasteiger partial charge in [0, 0.05) is 5.56 Å². The smallest absolute Gasteiger partial charge is 0.340 e. The minimum Gasteiger partial charge on any atom is -0.456 e. The van der Waals surface area contributed by atoms with Crippen LogP contribution in [0.2, 0.25) is 0 Å². The summed E-state index contributed by atoms with van der Waals surface area (Å²) in [5.74, 6) is -0.480. The number of anilines is 2. The van der Waals surface area contributed by atoms with Crippen molar-refractivity contribution in [1.29, 1.82) is 0 Å². The number of nitrogens with zero attached hydrogens (tertiary/aromatic N) is 1. The molecule has 0 spiro atoms. The number of hydrogen-bond acceptors (Lipinski definition) is 3. The van der Waals surface area contributed by atoms with Gasteiger partial charge in [0.2, 0.25) is 6.41 Å². The van der Waals surface area contributed by atoms with E-state index in [1.54, 1.807) is 6.07 Å². The molecule has 0 unspecified atom stereocenters. The highest BCUT2D eigenvalue weighted by molar-refractivity contribution is 6.04. The van der Waals surface area contributed by atoms with E-state index in [-0.39, 0.29) is 0 Å². The van der Waals surface area contributed by atoms with Crippen molar-refractivity contribution in [1.82, 2.24) is 0 Å². The Morgan fingerprint density at radius 2 is 1.29 bits per heavy atom. The number of hydrogen-bond donors (Lipinski definition) is 0. The van der Waals surface area contributed by atoms with Crippen LogP contribution < -0.4 is 4.90 Å². The Hall–Kier alpha value is -4.18. The summed E-state index contributed by atoms with van der Waals surface area (Å²) in [6, 6.07) is 32.9. The average Bonchev–Trinajstić information content (AvgIpc) is 2.85. The lowest BCUT2D eigenvalue weighted by Crippen LogP contribution is -2.26. The first kappa shape index (κ1) is 23.0. The molecule has 0 atom stereocenters. The van der Waals surface area contributed by atoms with Crippen LogP contribution in [0.5, 0.6) is 0 Å². The Kier molecular flexibility index (Phi) is 6.60. The Bertz CT molecular complexity index is 1290. The second kappa shape index (κ2) is 9.75. The molecule has 0 radical (unpaired) electrons. The van der Waals surface area contributed by atoms with Crippen molar-refractivity contribution in [2.45, 2.75) is 26.4 Å². The highest BCUT2D eigenvalue weighted by Gasteiger charge is 2.25. The van der Waals surface area contributed by atoms with Crippen LogP contribution in [0.25, 0.3) is 22.3 Å². The van der Waals surface area contributed by atoms with Crippen LogP contribution in [-0.4, -0.2) is 18.0 Å². The molecule has 0 fully saturated rings. The fraction of sp³-hybridized carbons (Fsp3) is 0.133. The third kappa shape index (κ3) is 5.07. The first-order valence-corrected chi connectivity index (χ1v) is 11.2. The van der Waals surface area contributed by atoms with E-state index in [2.05, 4.69) is 0 Å². The molecule has 0 saturated heterocycles. The lowest BCUT2D eigenvalue weighted by Gasteiger charge is -2.26. The van der Waals surface area contributed by atoms with Gasteiger partial charge in [0.25, 0.3) is 0 Å². The number of amides is 1. The summed E-state index contributed by atoms with van der Waals surface area (Å²) in [6.45, 7) is 5.47. The highest BCUT2D eigenvalue weighted by Crippen LogP contribution is 2.38. The van der Waals surface area contributed by atoms with Gasteiger partial charge in [-0.1, -0.05) is 84.9 Å². The summed E-state index contributed by atoms with van der Waals surface area (Å²) in [7, 11) is 0. The molecule has 4 nitrogen and oxygen atoms in total. The molecule has 4 heteroatoms. The molecule has 0 aliphatic carbocycles. The topological polar surface area (TPSA) is 46.6 Å². The third-order valence-corrected chi connectivity index (χ3v) is 5.34. The largest absolute Gasteiger partial charge is 0.456 e. The van der Waals surface area contributed by atoms with Gasteiger partial charge < -0.3 is 4.74 Å². The van der Waals surface area contributed by atoms with E-state index in [1.807, 2.05) is 118 Å². The molecule has 0 aliphatic heterocycles. The van der Waals surface area contributed by atoms with Crippen molar-refractivity contribution in [2.24, 2.45) is 0 Å². The number of rotatable bonds is 6. The molecule has 4 aromatic carbocycles. The summed E-state index contributed by atoms with van der Waals surface area (Å²) in [5, 5.41) is 0. The summed E-state index contributed by atoms with van der Waals surface area (Å²) in [4.78, 5) is 27.3. The Morgan fingerprint density at radius 3 is 1.91 bits per heavy atom. The zero-order chi connectivity index (χ0) is 24.1. The van der Waals surface area contributed by atoms with Crippen LogP contribution in [0.15, 0.2) is 103 Å². The summed E-state index contributed by atoms with van der Waals surface area (Å²) < 4.78 is 5.67. The second-order valence-corrected chi connectivity index (χ2v) is 8.96. The molecule has 0 bridgehead atoms. The number of ether oxygens (including phenoxy) is 1. The molecule has 170 valence electrons. The van der Waals surface area contributed by atoms with Crippen molar-refractivity contribution < 1.29 is 14.3 Å². The molecule has 0 saturated carbocycles. The predicted octanol–water partition coefficient (Wildman–Crippen LogP) is 7.27. The Labute approximate surface area is 200 Å². The molecular formula is C30H27NO3. The molecule has 4 rings (SSSR count). The first-order valence-electron chi connectivity index (χ1n) is 11.2. The van der Waals surface area contributed by atoms with Crippen molar-refractivity contribution in [3.63, 3.8) is 0 Å². The van der Waals surface area contributed by atoms with Crippen LogP contribution in [0.3, 0.4) is 0 Å². The lowest BCUT2D eigenvalue weighted by atomic mass is 9.99. The van der Waals surface area contributed by atoms with Crippen LogP contribution >= 0.6 is 0 Å². The number of carbonyl (C=O) groups excluding carboxylic acids is 2. The first-order chi connectivity index (χ1) is 16.4. The van der Waals surface area contributed by atoms with Crippen LogP contribution in [0.1, 0.15) is 31.1 Å². The van der Waals surface area contributed by atoms with Gasteiger partial charge in [0.05, 0.1) is 16.9 Å². The molecule has 1 amide bonds. The second-order valence-electron chi connectivity index (χ2n) is 8.96. The maximum atomic E-state index is 13.2. The van der Waals surface area contributed by atoms with E-state index in [9.17, 15) is 9.59 Å². The minimum absolute atomic E-state index is 0.324. The molecule has 0 aromatic heterocycles. The predicted molar refractivity (Wildman–Crippen MR) is 137 cm³/mol. The zero-order valence-electron chi connectivity index (χ0n) is 19.6. The third-order valence-electron chi connectivity index (χ3n) is 5.34. The quantitative estimate of drug-likeness (QED) is 0.230. The Morgan fingerprint density at radius 1 is 0.706 bits per heavy atom. The van der Waals surface area contributed by atoms with Crippen molar-refractivity contribution in [3.05, 3.63) is 109 Å². The number of benzene rings is 4. The molecule has 0 heterocycles. The summed E-state index contributed by atoms with van der Waals surface area (Å²) >= 11 is 0. The average molecular weight is 450 g/mol. The highest BCUT2D eigenvalue weighted by atomic mass is 16.6. The van der Waals surface area contributed by atoms with Crippen molar-refractivity contribution >= 4 is 23.8 Å². The van der Waals surface area contributed by atoms with Crippen LogP contribution in [0, 0.1) is 0 Å². The fourth-order valence-corrected chi connectivity index (χ4v) is 3.84. The molecule has 0 N–H and O–H groups in total. The fourth-order valence-electron chi connectivity index (χ4n) is 3.84. The molecular weight excluding hydrogens is 422 g/mol. The van der Waals surface area contributed by atoms with Gasteiger partial charge in [-0.05, 0) is 55.7 Å². The van der Waals surface area contributed by atoms with Crippen LogP contribution in [0.4, 0.5) is 11.4 Å². The number of para-hydroxylation sites is 1. The molecule has 0 aliphatic rings. The van der Waals surface area contributed by atoms with E-state index in [0.717, 1.165) is 28.7 Å². The van der Waals surface area contributed by atoms with Gasteiger partial charge in [-0.3, -0.25) is 9.69 Å². The van der Waals surface area contributed by atoms with Gasteiger partial charge in [-0.15, -0.1) is 0 Å². The van der Waals surface area contributed by atoms with Gasteiger partial charge >= 0.3 is 5.97 Å². The van der Waals surface area contributed by atoms with E-state index in [0.29, 0.717) is 16.9 Å². The maximum absolute atomic E-state index is 13.2. The van der Waals surface area contributed by atoms with Gasteiger partial charge in [0.15, 0.2) is 0 Å². The van der Waals surface area contributed by atoms with E-state index < -0.39 is 11.6 Å². The minimum atomic E-state index is -0.666. The van der Waals surface area contributed by atoms with Crippen molar-refractivity contribution in [2.75, 3.05) is 4.90 Å². The van der Waals surface area contributed by atoms with E-state index in [1.165, 1.54) is 4.90 Å². The summed E-state index contributed by atoms with van der Waals surface area (Å²) in [5.41, 5.74) is 4.55. The normalized spacial score (nSPS) is 11.0. The SMILES string of the molecule is CC(C)(C)OC(=O)c1ccc(-c2ccccc2)cc1N(C=O)c1ccccc1-c1ccccc1. The standard InChI is InChI=1S/C30H27NO3/c1-30(2,3)34-29(33)26-19-18-24(22-12-6-4-7-13-22)20-28(26)31(21-32)27-17-11-10-16-25(27)23-14-8-5-9-15-23/h4-21H,1-3H3. The van der Waals surface area contributed by atoms with E-state index in [4.69, 9.17) is 4.74 Å². The lowest BCUT2D eigenvalue weighted by molar-refractivity contribution is -0.106. The van der Waals surface area contributed by atoms with Gasteiger partial charge in [-0.2, -0.15) is 0 Å². The van der Waals surface area contributed by atoms with Gasteiger partial charge in [-0.25, -0.2) is 4.79 Å². The van der Waals surface area contributed by atoms with Gasteiger partial charge in [0.1, 0.15) is 5.60 Å². The maximum Gasteiger partial charge on any atom is 0.340 e. The molecule has 4 aromatic rings. The Balaban J connectivity index is 1.90. The number of esters is 1. The van der Waals surface area contributed by atoms with Crippen molar-refractivity contribution in [3.8, 4) is 22.3 Å². The monoisotopic (exact) mass is 449 g/mol. The van der Waals surface area contributed by atoms with Crippen LogP contribution in [-0.2, 0) is 9.53 Å². The summed E-state index contributed by atoms with van der Waals surface area (Å²) in [6.07, 6.45) is 0.750. The number of carbonyl (C=O) groups is 2.